The second kappa shape index (κ2) is 7.44. The van der Waals surface area contributed by atoms with Crippen LogP contribution < -0.4 is 11.1 Å². The summed E-state index contributed by atoms with van der Waals surface area (Å²) < 4.78 is 0. The lowest BCUT2D eigenvalue weighted by atomic mass is 9.79. The molecule has 116 valence electrons. The molecular weight excluding hydrogens is 248 g/mol. The van der Waals surface area contributed by atoms with Crippen molar-refractivity contribution in [3.8, 4) is 0 Å². The lowest BCUT2D eigenvalue weighted by molar-refractivity contribution is -0.127. The topological polar surface area (TPSA) is 55.1 Å². The third kappa shape index (κ3) is 3.75. The van der Waals surface area contributed by atoms with Crippen LogP contribution >= 0.6 is 0 Å². The standard InChI is InChI=1S/C17H32N2O/c1-3-14-7-8-16(12(14)2)19-17(20)15-6-4-5-13(11-15)9-10-18/h12-16H,3-11,18H2,1-2H3,(H,19,20). The minimum Gasteiger partial charge on any atom is -0.353 e. The average molecular weight is 280 g/mol. The van der Waals surface area contributed by atoms with Gasteiger partial charge in [0.25, 0.3) is 0 Å². The molecule has 0 heterocycles. The summed E-state index contributed by atoms with van der Waals surface area (Å²) in [7, 11) is 0. The van der Waals surface area contributed by atoms with Crippen molar-refractivity contribution >= 4 is 5.91 Å². The van der Waals surface area contributed by atoms with Gasteiger partial charge in [0.05, 0.1) is 0 Å². The molecule has 20 heavy (non-hydrogen) atoms. The summed E-state index contributed by atoms with van der Waals surface area (Å²) in [6, 6.07) is 0.419. The molecule has 3 heteroatoms. The molecule has 0 saturated heterocycles. The molecule has 0 aromatic heterocycles. The van der Waals surface area contributed by atoms with E-state index in [0.29, 0.717) is 23.8 Å². The second-order valence-corrected chi connectivity index (χ2v) is 7.03. The number of hydrogen-bond donors (Lipinski definition) is 2. The van der Waals surface area contributed by atoms with E-state index in [1.807, 2.05) is 0 Å². The van der Waals surface area contributed by atoms with E-state index in [1.165, 1.54) is 32.1 Å². The Bertz CT molecular complexity index is 316. The summed E-state index contributed by atoms with van der Waals surface area (Å²) in [6.07, 6.45) is 9.37. The predicted molar refractivity (Wildman–Crippen MR) is 83.2 cm³/mol. The van der Waals surface area contributed by atoms with Crippen LogP contribution in [0, 0.1) is 23.7 Å². The Morgan fingerprint density at radius 3 is 2.70 bits per heavy atom. The molecule has 0 aliphatic heterocycles. The molecular formula is C17H32N2O. The lowest BCUT2D eigenvalue weighted by Gasteiger charge is -2.30. The highest BCUT2D eigenvalue weighted by atomic mass is 16.1. The first kappa shape index (κ1) is 15.8. The normalized spacial score (nSPS) is 37.9. The quantitative estimate of drug-likeness (QED) is 0.813. The monoisotopic (exact) mass is 280 g/mol. The van der Waals surface area contributed by atoms with Crippen LogP contribution in [0.25, 0.3) is 0 Å². The van der Waals surface area contributed by atoms with Gasteiger partial charge >= 0.3 is 0 Å². The minimum atomic E-state index is 0.244. The van der Waals surface area contributed by atoms with Crippen LogP contribution in [0.1, 0.15) is 65.2 Å². The fraction of sp³-hybridized carbons (Fsp3) is 0.941. The van der Waals surface area contributed by atoms with Gasteiger partial charge in [-0.1, -0.05) is 33.1 Å². The zero-order valence-corrected chi connectivity index (χ0v) is 13.2. The van der Waals surface area contributed by atoms with Gasteiger partial charge in [-0.25, -0.2) is 0 Å². The Morgan fingerprint density at radius 1 is 1.25 bits per heavy atom. The molecule has 5 atom stereocenters. The fourth-order valence-electron chi connectivity index (χ4n) is 4.36. The molecule has 2 fully saturated rings. The summed E-state index contributed by atoms with van der Waals surface area (Å²) in [5.74, 6) is 2.69. The smallest absolute Gasteiger partial charge is 0.223 e. The van der Waals surface area contributed by atoms with Crippen molar-refractivity contribution in [3.63, 3.8) is 0 Å². The number of amides is 1. The fourth-order valence-corrected chi connectivity index (χ4v) is 4.36. The van der Waals surface area contributed by atoms with E-state index in [-0.39, 0.29) is 5.92 Å². The zero-order valence-electron chi connectivity index (χ0n) is 13.2. The van der Waals surface area contributed by atoms with Gasteiger partial charge in [0.1, 0.15) is 0 Å². The van der Waals surface area contributed by atoms with Gasteiger partial charge in [-0.15, -0.1) is 0 Å². The molecule has 0 radical (unpaired) electrons. The molecule has 2 aliphatic carbocycles. The van der Waals surface area contributed by atoms with Crippen molar-refractivity contribution in [3.05, 3.63) is 0 Å². The van der Waals surface area contributed by atoms with Crippen LogP contribution in [0.15, 0.2) is 0 Å². The predicted octanol–water partition coefficient (Wildman–Crippen LogP) is 3.08. The summed E-state index contributed by atoms with van der Waals surface area (Å²) in [4.78, 5) is 12.5. The van der Waals surface area contributed by atoms with Gasteiger partial charge in [-0.05, 0) is 56.4 Å². The number of nitrogens with two attached hydrogens (primary N) is 1. The molecule has 2 rings (SSSR count). The van der Waals surface area contributed by atoms with Crippen molar-refractivity contribution in [2.45, 2.75) is 71.3 Å². The van der Waals surface area contributed by atoms with Gasteiger partial charge in [-0.2, -0.15) is 0 Å². The molecule has 3 nitrogen and oxygen atoms in total. The maximum absolute atomic E-state index is 12.5. The van der Waals surface area contributed by atoms with Crippen molar-refractivity contribution < 1.29 is 4.79 Å². The highest BCUT2D eigenvalue weighted by Crippen LogP contribution is 2.35. The van der Waals surface area contributed by atoms with E-state index in [0.717, 1.165) is 31.7 Å². The van der Waals surface area contributed by atoms with E-state index in [2.05, 4.69) is 19.2 Å². The molecule has 5 unspecified atom stereocenters. The van der Waals surface area contributed by atoms with Crippen LogP contribution in [0.5, 0.6) is 0 Å². The van der Waals surface area contributed by atoms with Crippen LogP contribution in [0.3, 0.4) is 0 Å². The number of nitrogens with one attached hydrogen (secondary N) is 1. The van der Waals surface area contributed by atoms with Gasteiger partial charge in [0.15, 0.2) is 0 Å². The highest BCUT2D eigenvalue weighted by molar-refractivity contribution is 5.79. The maximum Gasteiger partial charge on any atom is 0.223 e. The largest absolute Gasteiger partial charge is 0.353 e. The number of carbonyl (C=O) groups excluding carboxylic acids is 1. The van der Waals surface area contributed by atoms with Crippen molar-refractivity contribution in [2.24, 2.45) is 29.4 Å². The molecule has 2 aliphatic rings. The summed E-state index contributed by atoms with van der Waals surface area (Å²) in [6.45, 7) is 5.34. The Kier molecular flexibility index (Phi) is 5.88. The lowest BCUT2D eigenvalue weighted by Crippen LogP contribution is -2.42. The molecule has 0 bridgehead atoms. The Labute approximate surface area is 124 Å². The number of hydrogen-bond acceptors (Lipinski definition) is 2. The van der Waals surface area contributed by atoms with Crippen LogP contribution in [-0.2, 0) is 4.79 Å². The first-order chi connectivity index (χ1) is 9.65. The van der Waals surface area contributed by atoms with Gasteiger partial charge in [-0.3, -0.25) is 4.79 Å². The zero-order chi connectivity index (χ0) is 14.5. The van der Waals surface area contributed by atoms with Gasteiger partial charge in [0.2, 0.25) is 5.91 Å². The third-order valence-corrected chi connectivity index (χ3v) is 5.81. The summed E-state index contributed by atoms with van der Waals surface area (Å²) >= 11 is 0. The van der Waals surface area contributed by atoms with Gasteiger partial charge < -0.3 is 11.1 Å². The molecule has 0 spiro atoms. The average Bonchev–Trinajstić information content (AvgIpc) is 2.80. The second-order valence-electron chi connectivity index (χ2n) is 7.03. The molecule has 1 amide bonds. The van der Waals surface area contributed by atoms with Crippen molar-refractivity contribution in [1.29, 1.82) is 0 Å². The summed E-state index contributed by atoms with van der Waals surface area (Å²) in [5.41, 5.74) is 5.66. The Morgan fingerprint density at radius 2 is 2.05 bits per heavy atom. The van der Waals surface area contributed by atoms with E-state index in [9.17, 15) is 4.79 Å². The van der Waals surface area contributed by atoms with Crippen LogP contribution in [0.4, 0.5) is 0 Å². The highest BCUT2D eigenvalue weighted by Gasteiger charge is 2.34. The first-order valence-corrected chi connectivity index (χ1v) is 8.66. The van der Waals surface area contributed by atoms with E-state index >= 15 is 0 Å². The Balaban J connectivity index is 1.82. The molecule has 2 saturated carbocycles. The van der Waals surface area contributed by atoms with Gasteiger partial charge in [0, 0.05) is 12.0 Å². The van der Waals surface area contributed by atoms with Crippen molar-refractivity contribution in [1.82, 2.24) is 5.32 Å². The summed E-state index contributed by atoms with van der Waals surface area (Å²) in [5, 5.41) is 3.36. The maximum atomic E-state index is 12.5. The van der Waals surface area contributed by atoms with E-state index in [4.69, 9.17) is 5.73 Å². The van der Waals surface area contributed by atoms with Crippen molar-refractivity contribution in [2.75, 3.05) is 6.54 Å². The van der Waals surface area contributed by atoms with E-state index < -0.39 is 0 Å². The third-order valence-electron chi connectivity index (χ3n) is 5.81. The van der Waals surface area contributed by atoms with Crippen LogP contribution in [-0.4, -0.2) is 18.5 Å². The molecule has 0 aromatic carbocycles. The Hall–Kier alpha value is -0.570. The SMILES string of the molecule is CCC1CCC(NC(=O)C2CCCC(CCN)C2)C1C. The first-order valence-electron chi connectivity index (χ1n) is 8.66. The van der Waals surface area contributed by atoms with Crippen LogP contribution in [0.2, 0.25) is 0 Å². The van der Waals surface area contributed by atoms with E-state index in [1.54, 1.807) is 0 Å². The number of rotatable bonds is 5. The minimum absolute atomic E-state index is 0.244. The molecule has 0 aromatic rings. The molecule has 3 N–H and O–H groups in total. The number of carbonyl (C=O) groups is 1.